The third kappa shape index (κ3) is 19.2. The van der Waals surface area contributed by atoms with Crippen molar-refractivity contribution in [1.29, 1.82) is 0 Å². The number of halogens is 20. The van der Waals surface area contributed by atoms with Crippen molar-refractivity contribution >= 4 is 12.0 Å². The molecule has 6 aromatic rings. The highest BCUT2D eigenvalue weighted by molar-refractivity contribution is 5.83. The van der Waals surface area contributed by atoms with Gasteiger partial charge in [0.2, 0.25) is 5.91 Å². The topological polar surface area (TPSA) is 136 Å². The lowest BCUT2D eigenvalue weighted by atomic mass is 9.33. The van der Waals surface area contributed by atoms with Crippen LogP contribution < -0.4 is 36.5 Å². The van der Waals surface area contributed by atoms with Crippen molar-refractivity contribution in [1.82, 2.24) is 21.3 Å². The first kappa shape index (κ1) is 106. The minimum Gasteiger partial charge on any atom is -0.497 e. The molecule has 6 aromatic carbocycles. The molecule has 0 aliphatic heterocycles. The maximum atomic E-state index is 13.6. The van der Waals surface area contributed by atoms with Crippen LogP contribution in [0.25, 0.3) is 0 Å². The molecule has 141 heavy (non-hydrogen) atoms. The average molecular weight is 2000 g/mol. The van der Waals surface area contributed by atoms with Gasteiger partial charge >= 0.3 is 43.2 Å². The van der Waals surface area contributed by atoms with E-state index < -0.39 is 111 Å². The number of carbonyl (C=O) groups excluding carboxylic acids is 2. The number of ether oxygens (including phenoxy) is 3. The quantitative estimate of drug-likeness (QED) is 0.0477. The Morgan fingerprint density at radius 3 is 0.936 bits per heavy atom. The Morgan fingerprint density at radius 2 is 0.645 bits per heavy atom. The van der Waals surface area contributed by atoms with E-state index in [9.17, 15) is 97.4 Å². The monoisotopic (exact) mass is 2000 g/mol. The molecular weight excluding hydrogens is 1860 g/mol. The molecule has 0 spiro atoms. The molecule has 776 valence electrons. The predicted molar refractivity (Wildman–Crippen MR) is 500 cm³/mol. The van der Waals surface area contributed by atoms with Gasteiger partial charge < -0.3 is 41.2 Å². The lowest BCUT2D eigenvalue weighted by molar-refractivity contribution is -0.337. The van der Waals surface area contributed by atoms with Gasteiger partial charge in [0.05, 0.1) is 60.0 Å². The molecule has 6 N–H and O–H groups in total. The van der Waals surface area contributed by atoms with Gasteiger partial charge in [0.25, 0.3) is 5.92 Å². The van der Waals surface area contributed by atoms with E-state index in [1.54, 1.807) is 71.4 Å². The number of amides is 2. The Labute approximate surface area is 815 Å². The first-order valence-electron chi connectivity index (χ1n) is 50.1. The van der Waals surface area contributed by atoms with E-state index in [2.05, 4.69) is 117 Å². The largest absolute Gasteiger partial charge is 0.497 e. The molecule has 18 bridgehead atoms. The van der Waals surface area contributed by atoms with E-state index in [1.807, 2.05) is 26.0 Å². The van der Waals surface area contributed by atoms with Crippen LogP contribution in [0.4, 0.5) is 92.6 Å². The SMILES string of the molecule is CC(C)C(F)(F)C12CC(C)(C1)C2.CC(C)[C@H](N)C(=O)NC12CC(C(F)(F)F)(C1)C2.CC12CC(c3ccc(C(F)(F)F)cc3)(C1)C2.CC12CC(c3cccc(C(F)(F)F)c3)(C1)C2.CCCNC12CC(c3ccc(C(F)(F)F)cc3)(C1)C2.CCNC12CC(c3ccc(C(F)(F)F)cc3)(C1)C2.CCOC(=O)NC12CC(C(F)(F)F)(C1)C2.COc1ccc(C23CC(C)(C2)C3)cc1.COc1cccc(C23CC(C)(C2)C3)c1. The molecule has 27 saturated carbocycles. The third-order valence-corrected chi connectivity index (χ3v) is 36.2. The molecule has 0 radical (unpaired) electrons. The van der Waals surface area contributed by atoms with Crippen LogP contribution in [-0.2, 0) is 66.7 Å². The van der Waals surface area contributed by atoms with Crippen LogP contribution in [0.5, 0.6) is 11.5 Å². The number of alkyl carbamates (subject to hydrolysis) is 1. The van der Waals surface area contributed by atoms with Gasteiger partial charge in [0.15, 0.2) is 0 Å². The summed E-state index contributed by atoms with van der Waals surface area (Å²) < 4.78 is 267. The van der Waals surface area contributed by atoms with Crippen molar-refractivity contribution in [2.45, 2.75) is 367 Å². The van der Waals surface area contributed by atoms with Crippen LogP contribution in [0.15, 0.2) is 146 Å². The molecule has 1 atom stereocenters. The van der Waals surface area contributed by atoms with E-state index in [0.717, 1.165) is 156 Å². The van der Waals surface area contributed by atoms with E-state index in [1.165, 1.54) is 98.2 Å². The van der Waals surface area contributed by atoms with Gasteiger partial charge in [0.1, 0.15) is 11.5 Å². The maximum Gasteiger partial charge on any atom is 0.416 e. The van der Waals surface area contributed by atoms with Crippen molar-refractivity contribution in [2.24, 2.45) is 60.9 Å². The fourth-order valence-electron chi connectivity index (χ4n) is 30.4. The highest BCUT2D eigenvalue weighted by Gasteiger charge is 2.81. The molecule has 30 heteroatoms. The van der Waals surface area contributed by atoms with Gasteiger partial charge in [-0.05, 0) is 355 Å². The summed E-state index contributed by atoms with van der Waals surface area (Å²) in [6, 6.07) is 39.6. The summed E-state index contributed by atoms with van der Waals surface area (Å²) >= 11 is 0. The number of hydrogen-bond acceptors (Lipinski definition) is 8. The van der Waals surface area contributed by atoms with Crippen molar-refractivity contribution < 1.29 is 112 Å². The molecule has 27 aliphatic rings. The molecule has 27 aliphatic carbocycles. The van der Waals surface area contributed by atoms with Crippen LogP contribution in [-0.4, -0.2) is 92.4 Å². The molecule has 0 unspecified atom stereocenters. The molecule has 33 rings (SSSR count). The van der Waals surface area contributed by atoms with Crippen molar-refractivity contribution in [3.8, 4) is 11.5 Å². The number of hydrogen-bond donors (Lipinski definition) is 5. The Morgan fingerprint density at radius 1 is 0.340 bits per heavy atom. The lowest BCUT2D eigenvalue weighted by Crippen LogP contribution is -2.79. The number of alkyl halides is 20. The Balaban J connectivity index is 0.000000114. The van der Waals surface area contributed by atoms with Crippen molar-refractivity contribution in [2.75, 3.05) is 33.9 Å². The van der Waals surface area contributed by atoms with E-state index in [-0.39, 0.29) is 84.2 Å². The van der Waals surface area contributed by atoms with E-state index >= 15 is 0 Å². The minimum absolute atomic E-state index is 0.00230. The highest BCUT2D eigenvalue weighted by Crippen LogP contribution is 2.81. The van der Waals surface area contributed by atoms with Crippen molar-refractivity contribution in [3.05, 3.63) is 201 Å². The van der Waals surface area contributed by atoms with Crippen LogP contribution in [0, 0.1) is 55.2 Å². The molecular formula is C111H137F20N5O5. The molecule has 0 heterocycles. The summed E-state index contributed by atoms with van der Waals surface area (Å²) in [5, 5.41) is 12.2. The van der Waals surface area contributed by atoms with Gasteiger partial charge in [-0.15, -0.1) is 0 Å². The first-order chi connectivity index (χ1) is 65.0. The second-order valence-corrected chi connectivity index (χ2v) is 49.6. The fourth-order valence-corrected chi connectivity index (χ4v) is 30.4. The zero-order valence-corrected chi connectivity index (χ0v) is 83.2. The maximum absolute atomic E-state index is 13.6. The normalized spacial score (nSPS) is 37.0. The zero-order valence-electron chi connectivity index (χ0n) is 83.2. The summed E-state index contributed by atoms with van der Waals surface area (Å²) in [5.74, 6) is -1.31. The predicted octanol–water partition coefficient (Wildman–Crippen LogP) is 29.2. The molecule has 2 amide bonds. The van der Waals surface area contributed by atoms with Gasteiger partial charge in [0, 0.05) is 44.3 Å². The molecule has 27 fully saturated rings. The van der Waals surface area contributed by atoms with E-state index in [4.69, 9.17) is 15.2 Å². The van der Waals surface area contributed by atoms with Crippen LogP contribution in [0.2, 0.25) is 0 Å². The van der Waals surface area contributed by atoms with Gasteiger partial charge in [-0.2, -0.15) is 79.0 Å². The van der Waals surface area contributed by atoms with Gasteiger partial charge in [-0.1, -0.05) is 155 Å². The number of nitrogens with one attached hydrogen (secondary N) is 4. The van der Waals surface area contributed by atoms with Gasteiger partial charge in [-0.3, -0.25) is 4.79 Å². The molecule has 0 aromatic heterocycles. The summed E-state index contributed by atoms with van der Waals surface area (Å²) in [6.07, 6.45) is -0.996. The summed E-state index contributed by atoms with van der Waals surface area (Å²) in [6.45, 7) is 26.4. The summed E-state index contributed by atoms with van der Waals surface area (Å²) in [7, 11) is 3.46. The highest BCUT2D eigenvalue weighted by atomic mass is 19.4. The average Bonchev–Trinajstić information content (AvgIpc) is 0.669. The Kier molecular flexibility index (Phi) is 26.2. The number of rotatable bonds is 20. The van der Waals surface area contributed by atoms with Crippen molar-refractivity contribution in [3.63, 3.8) is 0 Å². The number of carbonyl (C=O) groups is 2. The lowest BCUT2D eigenvalue weighted by Gasteiger charge is -2.72. The minimum atomic E-state index is -4.23. The van der Waals surface area contributed by atoms with Crippen LogP contribution >= 0.6 is 0 Å². The second-order valence-electron chi connectivity index (χ2n) is 49.6. The number of benzene rings is 6. The van der Waals surface area contributed by atoms with Gasteiger partial charge in [-0.25, -0.2) is 13.6 Å². The van der Waals surface area contributed by atoms with Crippen LogP contribution in [0.3, 0.4) is 0 Å². The third-order valence-electron chi connectivity index (χ3n) is 36.2. The summed E-state index contributed by atoms with van der Waals surface area (Å²) in [5.41, 5.74) is 10.6. The standard InChI is InChI=1S/C15H18F3N.C14H16F3N.2C13H13F3.2C13H16O.C11H17F3N2O.C10H16F2.C9H12F3NO2/c1-2-7-19-14-8-13(9-14,10-14)11-3-5-12(6-4-11)15(16,17)18;1-2-18-13-7-12(8-13,9-13)10-3-5-11(6-4-10)14(15,16)17;1-11-6-12(7-11,8-11)9-2-4-10(5-3-9)13(14,15)16;1-11-6-12(7-11,8-11)9-3-2-4-10(5-9)13(14,15)16;1-12-7-13(8-12,9-12)10-3-5-11(14-2)6-4-10;1-12-7-13(8-12,9-12)10-4-3-5-11(6-10)14-2;1-6(2)7(15)8(17)16-10-3-9(4-10,5-10)11(12,13)14;1-7(2)10(11,12)9-4-8(3,5-9)6-9;1-2-15-6(14)13-8-3-7(4-8,5-8)9(10,11)12/h3-6,19H,2,7-10H2,1H3;3-6,18H,2,7-9H2,1H3;2*2-5H,6-8H2,1H3;2*3-6H,7-9H2,1-2H3;6-7H,3-5,15H2,1-2H3,(H,16,17);7H,4-6H2,1-3H3;2-5H2,1H3,(H,13,14)/t;;;;;;7-,9?,10?;;/m......0../s1. The second kappa shape index (κ2) is 34.9. The Hall–Kier alpha value is -7.86. The smallest absolute Gasteiger partial charge is 0.416 e. The van der Waals surface area contributed by atoms with Crippen LogP contribution in [0.1, 0.15) is 319 Å². The number of methoxy groups -OCH3 is 2. The number of nitrogens with two attached hydrogens (primary N) is 1. The van der Waals surface area contributed by atoms with E-state index in [0.29, 0.717) is 43.4 Å². The molecule has 0 saturated heterocycles. The first-order valence-corrected chi connectivity index (χ1v) is 50.1. The zero-order chi connectivity index (χ0) is 103. The summed E-state index contributed by atoms with van der Waals surface area (Å²) in [4.78, 5) is 22.7. The molecule has 10 nitrogen and oxygen atoms in total. The Bertz CT molecular complexity index is 5400. The fraction of sp³-hybridized carbons (Fsp3) is 0.658.